The van der Waals surface area contributed by atoms with E-state index in [-0.39, 0.29) is 26.3 Å². The van der Waals surface area contributed by atoms with Crippen molar-refractivity contribution < 1.29 is 45.1 Å². The van der Waals surface area contributed by atoms with Gasteiger partial charge in [0.2, 0.25) is 11.7 Å². The van der Waals surface area contributed by atoms with Crippen molar-refractivity contribution in [1.29, 1.82) is 0 Å². The van der Waals surface area contributed by atoms with E-state index in [9.17, 15) is 45.1 Å². The Morgan fingerprint density at radius 3 is 2.07 bits per heavy atom. The van der Waals surface area contributed by atoms with Gasteiger partial charge in [0.15, 0.2) is 5.78 Å². The van der Waals surface area contributed by atoms with Gasteiger partial charge in [0.25, 0.3) is 0 Å². The number of hydrogen-bond donors (Lipinski definition) is 1. The maximum absolute atomic E-state index is 15.0. The lowest BCUT2D eigenvalue weighted by molar-refractivity contribution is -0.268. The highest BCUT2D eigenvalue weighted by Crippen LogP contribution is 2.65. The van der Waals surface area contributed by atoms with Gasteiger partial charge in [-0.3, -0.25) is 14.4 Å². The number of benzene rings is 3. The van der Waals surface area contributed by atoms with Crippen LogP contribution in [-0.2, 0) is 22.4 Å². The number of amides is 1. The largest absolute Gasteiger partial charge is 0.461 e. The van der Waals surface area contributed by atoms with Crippen LogP contribution in [0, 0.1) is 17.6 Å². The Kier molecular flexibility index (Phi) is 9.61. The van der Waals surface area contributed by atoms with Gasteiger partial charge in [0.1, 0.15) is 16.0 Å². The second-order valence-corrected chi connectivity index (χ2v) is 12.4. The lowest BCUT2D eigenvalue weighted by atomic mass is 9.96. The second-order valence-electron chi connectivity index (χ2n) is 9.76. The maximum Gasteiger partial charge on any atom is 0.461 e. The van der Waals surface area contributed by atoms with Crippen molar-refractivity contribution >= 4 is 81.2 Å². The smallest absolute Gasteiger partial charge is 0.326 e. The van der Waals surface area contributed by atoms with E-state index in [4.69, 9.17) is 58.0 Å². The van der Waals surface area contributed by atoms with Crippen molar-refractivity contribution in [1.82, 2.24) is 0 Å². The van der Waals surface area contributed by atoms with E-state index in [1.807, 2.05) is 0 Å². The first-order valence-electron chi connectivity index (χ1n) is 12.2. The second kappa shape index (κ2) is 12.3. The topological polar surface area (TPSA) is 63.2 Å². The summed E-state index contributed by atoms with van der Waals surface area (Å²) in [5, 5.41) is 2.89. The lowest BCUT2D eigenvalue weighted by Crippen LogP contribution is -2.45. The molecule has 0 radical (unpaired) electrons. The van der Waals surface area contributed by atoms with E-state index in [1.54, 1.807) is 6.07 Å². The molecule has 3 aromatic carbocycles. The van der Waals surface area contributed by atoms with Crippen LogP contribution in [0.15, 0.2) is 48.5 Å². The summed E-state index contributed by atoms with van der Waals surface area (Å²) >= 11 is 30.8. The first-order chi connectivity index (χ1) is 20.3. The number of hydrogen-bond acceptors (Lipinski definition) is 3. The number of alkyl halides is 7. The first kappa shape index (κ1) is 34.3. The molecule has 0 unspecified atom stereocenters. The summed E-state index contributed by atoms with van der Waals surface area (Å²) in [5.74, 6) is -15.0. The molecule has 44 heavy (non-hydrogen) atoms. The SMILES string of the molecule is O=C(Cc1ccc(F)c(CC(=O)C(F)(F)C(F)(F)F)c1F)c1cc(NC(=O)[C@H]2[C@H](c3ccc(Cl)c(Cl)c3)C2(Cl)Cl)ccc1Cl. The number of carbonyl (C=O) groups excluding carboxylic acids is 3. The Morgan fingerprint density at radius 1 is 0.818 bits per heavy atom. The van der Waals surface area contributed by atoms with Crippen LogP contribution in [0.25, 0.3) is 0 Å². The fraction of sp³-hybridized carbons (Fsp3) is 0.250. The zero-order valence-electron chi connectivity index (χ0n) is 21.4. The van der Waals surface area contributed by atoms with Gasteiger partial charge in [-0.25, -0.2) is 8.78 Å². The van der Waals surface area contributed by atoms with Gasteiger partial charge in [-0.05, 0) is 47.5 Å². The summed E-state index contributed by atoms with van der Waals surface area (Å²) in [7, 11) is 0. The number of carbonyl (C=O) groups is 3. The van der Waals surface area contributed by atoms with Gasteiger partial charge in [0.05, 0.1) is 21.0 Å². The molecule has 0 aliphatic heterocycles. The fourth-order valence-electron chi connectivity index (χ4n) is 4.45. The quantitative estimate of drug-likeness (QED) is 0.136. The molecule has 16 heteroatoms. The molecule has 1 N–H and O–H groups in total. The highest BCUT2D eigenvalue weighted by molar-refractivity contribution is 6.53. The normalized spacial score (nSPS) is 17.7. The van der Waals surface area contributed by atoms with Gasteiger partial charge in [-0.15, -0.1) is 23.2 Å². The van der Waals surface area contributed by atoms with E-state index in [0.29, 0.717) is 11.6 Å². The number of nitrogens with one attached hydrogen (secondary N) is 1. The lowest BCUT2D eigenvalue weighted by Gasteiger charge is -2.18. The molecular formula is C28H15Cl5F7NO3. The van der Waals surface area contributed by atoms with Crippen LogP contribution >= 0.6 is 58.0 Å². The van der Waals surface area contributed by atoms with E-state index in [1.165, 1.54) is 24.3 Å². The van der Waals surface area contributed by atoms with E-state index >= 15 is 0 Å². The third kappa shape index (κ3) is 6.67. The maximum atomic E-state index is 15.0. The van der Waals surface area contributed by atoms with Gasteiger partial charge in [-0.2, -0.15) is 22.0 Å². The van der Waals surface area contributed by atoms with Crippen LogP contribution in [0.5, 0.6) is 0 Å². The summed E-state index contributed by atoms with van der Waals surface area (Å²) in [4.78, 5) is 37.6. The van der Waals surface area contributed by atoms with Crippen LogP contribution in [0.3, 0.4) is 0 Å². The summed E-state index contributed by atoms with van der Waals surface area (Å²) in [6, 6.07) is 9.60. The number of anilines is 1. The van der Waals surface area contributed by atoms with Crippen LogP contribution in [0.2, 0.25) is 15.1 Å². The molecule has 2 atom stereocenters. The van der Waals surface area contributed by atoms with E-state index < -0.39 is 81.3 Å². The first-order valence-corrected chi connectivity index (χ1v) is 14.1. The Labute approximate surface area is 269 Å². The Bertz CT molecular complexity index is 1680. The molecule has 1 fully saturated rings. The number of halogens is 12. The van der Waals surface area contributed by atoms with E-state index in [0.717, 1.165) is 12.1 Å². The molecule has 1 saturated carbocycles. The molecule has 3 aromatic rings. The highest BCUT2D eigenvalue weighted by atomic mass is 35.5. The number of rotatable bonds is 9. The minimum atomic E-state index is -6.28. The van der Waals surface area contributed by atoms with Crippen molar-refractivity contribution in [3.63, 3.8) is 0 Å². The zero-order chi connectivity index (χ0) is 32.9. The van der Waals surface area contributed by atoms with E-state index in [2.05, 4.69) is 5.32 Å². The number of ketones is 2. The monoisotopic (exact) mass is 721 g/mol. The van der Waals surface area contributed by atoms with Crippen molar-refractivity contribution in [2.45, 2.75) is 35.2 Å². The van der Waals surface area contributed by atoms with Gasteiger partial charge >= 0.3 is 12.1 Å². The predicted molar refractivity (Wildman–Crippen MR) is 151 cm³/mol. The fourth-order valence-corrected chi connectivity index (χ4v) is 5.81. The molecule has 1 amide bonds. The van der Waals surface area contributed by atoms with Crippen molar-refractivity contribution in [2.75, 3.05) is 5.32 Å². The Hall–Kier alpha value is -2.57. The highest BCUT2D eigenvalue weighted by Gasteiger charge is 2.67. The number of Topliss-reactive ketones (excluding diaryl/α,β-unsaturated/α-hetero) is 2. The zero-order valence-corrected chi connectivity index (χ0v) is 25.2. The molecule has 0 bridgehead atoms. The molecular weight excluding hydrogens is 709 g/mol. The minimum absolute atomic E-state index is 0.0481. The van der Waals surface area contributed by atoms with Crippen molar-refractivity contribution in [3.05, 3.63) is 97.5 Å². The molecule has 0 aromatic heterocycles. The average molecular weight is 724 g/mol. The van der Waals surface area contributed by atoms with Gasteiger partial charge in [-0.1, -0.05) is 46.9 Å². The third-order valence-corrected chi connectivity index (χ3v) is 8.84. The molecule has 1 aliphatic carbocycles. The van der Waals surface area contributed by atoms with Crippen molar-refractivity contribution in [2.24, 2.45) is 5.92 Å². The molecule has 0 heterocycles. The van der Waals surface area contributed by atoms with Crippen LogP contribution in [0.1, 0.15) is 33.0 Å². The van der Waals surface area contributed by atoms with Gasteiger partial charge < -0.3 is 5.32 Å². The van der Waals surface area contributed by atoms with Crippen LogP contribution in [-0.4, -0.2) is 33.9 Å². The molecule has 0 spiro atoms. The third-order valence-electron chi connectivity index (χ3n) is 6.83. The average Bonchev–Trinajstić information content (AvgIpc) is 3.51. The predicted octanol–water partition coefficient (Wildman–Crippen LogP) is 9.19. The van der Waals surface area contributed by atoms with Gasteiger partial charge in [0, 0.05) is 35.6 Å². The van der Waals surface area contributed by atoms with Crippen LogP contribution < -0.4 is 5.32 Å². The summed E-state index contributed by atoms with van der Waals surface area (Å²) in [5.41, 5.74) is -1.65. The van der Waals surface area contributed by atoms with Crippen LogP contribution in [0.4, 0.5) is 36.4 Å². The molecule has 0 saturated heterocycles. The Morgan fingerprint density at radius 2 is 1.45 bits per heavy atom. The standard InChI is InChI=1S/C28H15Cl5F7NO3/c29-16-5-3-13(41-25(44)23-22(26(23,32)33)11-1-4-17(30)18(31)7-11)9-14(16)20(42)8-12-2-6-19(34)15(24(12)35)10-21(43)27(36,37)28(38,39)40/h1-7,9,22-23H,8,10H2,(H,41,44)/t22-,23+/m0/s1. The molecule has 234 valence electrons. The Balaban J connectivity index is 1.52. The summed E-state index contributed by atoms with van der Waals surface area (Å²) in [6.45, 7) is 0. The summed E-state index contributed by atoms with van der Waals surface area (Å²) in [6.07, 6.45) is -9.07. The molecule has 1 aliphatic rings. The molecule has 4 nitrogen and oxygen atoms in total. The van der Waals surface area contributed by atoms with Crippen molar-refractivity contribution in [3.8, 4) is 0 Å². The summed E-state index contributed by atoms with van der Waals surface area (Å²) < 4.78 is 92.0. The molecule has 4 rings (SSSR count). The minimum Gasteiger partial charge on any atom is -0.326 e.